The second kappa shape index (κ2) is 6.41. The zero-order chi connectivity index (χ0) is 13.7. The summed E-state index contributed by atoms with van der Waals surface area (Å²) >= 11 is 0. The van der Waals surface area contributed by atoms with Gasteiger partial charge in [-0.1, -0.05) is 12.1 Å². The molecule has 0 atom stereocenters. The lowest BCUT2D eigenvalue weighted by molar-refractivity contribution is 0.0920. The summed E-state index contributed by atoms with van der Waals surface area (Å²) in [4.78, 5) is 0. The van der Waals surface area contributed by atoms with Gasteiger partial charge < -0.3 is 19.6 Å². The molecule has 102 valence electrons. The predicted octanol–water partition coefficient (Wildman–Crippen LogP) is 2.77. The topological polar surface area (TPSA) is 57.6 Å². The second-order valence-corrected chi connectivity index (χ2v) is 4.37. The van der Waals surface area contributed by atoms with E-state index in [9.17, 15) is 0 Å². The van der Waals surface area contributed by atoms with Crippen LogP contribution in [0.3, 0.4) is 0 Å². The summed E-state index contributed by atoms with van der Waals surface area (Å²) in [5.74, 6) is 2.46. The highest BCUT2D eigenvalue weighted by Gasteiger charge is 2.06. The summed E-state index contributed by atoms with van der Waals surface area (Å²) in [7, 11) is 1.65. The van der Waals surface area contributed by atoms with Gasteiger partial charge in [-0.25, -0.2) is 0 Å². The zero-order valence-electron chi connectivity index (χ0n) is 11.3. The average molecular weight is 261 g/mol. The average Bonchev–Trinajstić information content (AvgIpc) is 2.79. The molecule has 1 heterocycles. The molecule has 0 radical (unpaired) electrons. The number of hydrogen-bond acceptors (Lipinski definition) is 4. The Kier molecular flexibility index (Phi) is 4.60. The molecule has 19 heavy (non-hydrogen) atoms. The van der Waals surface area contributed by atoms with Crippen LogP contribution in [0.25, 0.3) is 0 Å². The Labute approximate surface area is 113 Å². The minimum absolute atomic E-state index is 0.418. The van der Waals surface area contributed by atoms with Gasteiger partial charge in [0.15, 0.2) is 0 Å². The first-order valence-corrected chi connectivity index (χ1v) is 6.22. The van der Waals surface area contributed by atoms with Crippen molar-refractivity contribution < 1.29 is 13.9 Å². The van der Waals surface area contributed by atoms with E-state index in [1.807, 2.05) is 37.3 Å². The fourth-order valence-electron chi connectivity index (χ4n) is 1.90. The molecule has 0 amide bonds. The maximum atomic E-state index is 5.63. The van der Waals surface area contributed by atoms with Crippen molar-refractivity contribution in [2.24, 2.45) is 5.73 Å². The monoisotopic (exact) mass is 261 g/mol. The summed E-state index contributed by atoms with van der Waals surface area (Å²) in [5.41, 5.74) is 7.71. The highest BCUT2D eigenvalue weighted by atomic mass is 16.5. The molecule has 0 fully saturated rings. The molecule has 2 rings (SSSR count). The van der Waals surface area contributed by atoms with Crippen molar-refractivity contribution in [3.05, 3.63) is 53.0 Å². The number of aryl methyl sites for hydroxylation is 1. The molecule has 2 aromatic rings. The summed E-state index contributed by atoms with van der Waals surface area (Å²) < 4.78 is 16.4. The van der Waals surface area contributed by atoms with Crippen molar-refractivity contribution >= 4 is 0 Å². The molecular formula is C15H19NO3. The lowest BCUT2D eigenvalue weighted by atomic mass is 10.2. The van der Waals surface area contributed by atoms with Gasteiger partial charge in [0, 0.05) is 0 Å². The highest BCUT2D eigenvalue weighted by Crippen LogP contribution is 2.17. The normalized spacial score (nSPS) is 10.7. The summed E-state index contributed by atoms with van der Waals surface area (Å²) in [5, 5.41) is 0. The smallest absolute Gasteiger partial charge is 0.130 e. The number of ether oxygens (including phenoxy) is 2. The molecule has 0 aliphatic heterocycles. The van der Waals surface area contributed by atoms with Gasteiger partial charge in [-0.05, 0) is 36.2 Å². The Morgan fingerprint density at radius 2 is 2.05 bits per heavy atom. The molecule has 0 saturated carbocycles. The van der Waals surface area contributed by atoms with Crippen molar-refractivity contribution in [3.8, 4) is 5.75 Å². The molecule has 0 unspecified atom stereocenters. The van der Waals surface area contributed by atoms with Crippen LogP contribution in [0.5, 0.6) is 5.75 Å². The van der Waals surface area contributed by atoms with E-state index >= 15 is 0 Å². The number of benzene rings is 1. The Bertz CT molecular complexity index is 534. The SMILES string of the molecule is COc1cccc(COCc2cc(C)c(CN)o2)c1. The molecule has 0 spiro atoms. The fraction of sp³-hybridized carbons (Fsp3) is 0.333. The standard InChI is InChI=1S/C15H19NO3/c1-11-6-14(19-15(11)8-16)10-18-9-12-4-3-5-13(7-12)17-2/h3-7H,8-10,16H2,1-2H3. The number of hydrogen-bond donors (Lipinski definition) is 1. The Hall–Kier alpha value is -1.78. The quantitative estimate of drug-likeness (QED) is 0.868. The largest absolute Gasteiger partial charge is 0.497 e. The Balaban J connectivity index is 1.88. The lowest BCUT2D eigenvalue weighted by Crippen LogP contribution is -1.95. The molecule has 4 nitrogen and oxygen atoms in total. The molecule has 0 bridgehead atoms. The van der Waals surface area contributed by atoms with Crippen molar-refractivity contribution in [3.63, 3.8) is 0 Å². The van der Waals surface area contributed by atoms with Gasteiger partial charge in [0.1, 0.15) is 23.9 Å². The first-order chi connectivity index (χ1) is 9.22. The number of furan rings is 1. The van der Waals surface area contributed by atoms with Crippen LogP contribution in [0.15, 0.2) is 34.7 Å². The molecule has 0 aliphatic rings. The Morgan fingerprint density at radius 3 is 2.74 bits per heavy atom. The third kappa shape index (κ3) is 3.59. The van der Waals surface area contributed by atoms with Gasteiger partial charge >= 0.3 is 0 Å². The van der Waals surface area contributed by atoms with E-state index < -0.39 is 0 Å². The molecule has 1 aromatic heterocycles. The van der Waals surface area contributed by atoms with Crippen LogP contribution in [-0.4, -0.2) is 7.11 Å². The predicted molar refractivity (Wildman–Crippen MR) is 72.8 cm³/mol. The lowest BCUT2D eigenvalue weighted by Gasteiger charge is -2.05. The molecule has 1 aromatic carbocycles. The molecule has 4 heteroatoms. The molecule has 0 aliphatic carbocycles. The van der Waals surface area contributed by atoms with Gasteiger partial charge in [-0.2, -0.15) is 0 Å². The van der Waals surface area contributed by atoms with Gasteiger partial charge in [0.2, 0.25) is 0 Å². The van der Waals surface area contributed by atoms with Crippen LogP contribution < -0.4 is 10.5 Å². The van der Waals surface area contributed by atoms with Crippen LogP contribution in [0.1, 0.15) is 22.6 Å². The third-order valence-corrected chi connectivity index (χ3v) is 2.90. The van der Waals surface area contributed by atoms with E-state index in [-0.39, 0.29) is 0 Å². The molecular weight excluding hydrogens is 242 g/mol. The van der Waals surface area contributed by atoms with E-state index in [2.05, 4.69) is 0 Å². The van der Waals surface area contributed by atoms with Crippen molar-refractivity contribution in [1.82, 2.24) is 0 Å². The fourth-order valence-corrected chi connectivity index (χ4v) is 1.90. The molecule has 2 N–H and O–H groups in total. The summed E-state index contributed by atoms with van der Waals surface area (Å²) in [6.07, 6.45) is 0. The maximum Gasteiger partial charge on any atom is 0.130 e. The number of rotatable bonds is 6. The van der Waals surface area contributed by atoms with Crippen LogP contribution >= 0.6 is 0 Å². The number of methoxy groups -OCH3 is 1. The van der Waals surface area contributed by atoms with Crippen molar-refractivity contribution in [2.45, 2.75) is 26.7 Å². The van der Waals surface area contributed by atoms with Gasteiger partial charge in [-0.15, -0.1) is 0 Å². The van der Waals surface area contributed by atoms with E-state index in [1.54, 1.807) is 7.11 Å². The van der Waals surface area contributed by atoms with Crippen molar-refractivity contribution in [1.29, 1.82) is 0 Å². The van der Waals surface area contributed by atoms with E-state index in [0.29, 0.717) is 19.8 Å². The van der Waals surface area contributed by atoms with Crippen molar-refractivity contribution in [2.75, 3.05) is 7.11 Å². The van der Waals surface area contributed by atoms with E-state index in [0.717, 1.165) is 28.4 Å². The van der Waals surface area contributed by atoms with Gasteiger partial charge in [0.25, 0.3) is 0 Å². The van der Waals surface area contributed by atoms with E-state index in [4.69, 9.17) is 19.6 Å². The summed E-state index contributed by atoms with van der Waals surface area (Å²) in [6.45, 7) is 3.37. The first kappa shape index (κ1) is 13.6. The third-order valence-electron chi connectivity index (χ3n) is 2.90. The Morgan fingerprint density at radius 1 is 1.21 bits per heavy atom. The zero-order valence-corrected chi connectivity index (χ0v) is 11.3. The minimum atomic E-state index is 0.418. The first-order valence-electron chi connectivity index (χ1n) is 6.22. The molecule has 0 saturated heterocycles. The van der Waals surface area contributed by atoms with Gasteiger partial charge in [-0.3, -0.25) is 0 Å². The summed E-state index contributed by atoms with van der Waals surface area (Å²) in [6, 6.07) is 9.78. The van der Waals surface area contributed by atoms with Crippen LogP contribution in [-0.2, 0) is 24.5 Å². The second-order valence-electron chi connectivity index (χ2n) is 4.37. The number of nitrogens with two attached hydrogens (primary N) is 1. The maximum absolute atomic E-state index is 5.63. The van der Waals surface area contributed by atoms with Crippen LogP contribution in [0.2, 0.25) is 0 Å². The van der Waals surface area contributed by atoms with E-state index in [1.165, 1.54) is 0 Å². The van der Waals surface area contributed by atoms with Crippen LogP contribution in [0, 0.1) is 6.92 Å². The van der Waals surface area contributed by atoms with Gasteiger partial charge in [0.05, 0.1) is 20.3 Å². The van der Waals surface area contributed by atoms with Crippen LogP contribution in [0.4, 0.5) is 0 Å². The highest BCUT2D eigenvalue weighted by molar-refractivity contribution is 5.28. The minimum Gasteiger partial charge on any atom is -0.497 e.